The van der Waals surface area contributed by atoms with Gasteiger partial charge in [0.2, 0.25) is 0 Å². The van der Waals surface area contributed by atoms with Crippen LogP contribution in [0, 0.1) is 57.2 Å². The first-order chi connectivity index (χ1) is 13.2. The summed E-state index contributed by atoms with van der Waals surface area (Å²) in [4.78, 5) is 0. The average Bonchev–Trinajstić information content (AvgIpc) is 3.21. The fourth-order valence-electron chi connectivity index (χ4n) is 5.25. The van der Waals surface area contributed by atoms with Gasteiger partial charge in [0, 0.05) is 11.8 Å². The van der Waals surface area contributed by atoms with Crippen LogP contribution in [0.2, 0.25) is 0 Å². The van der Waals surface area contributed by atoms with Gasteiger partial charge < -0.3 is 4.74 Å². The maximum atomic E-state index is 9.45. The van der Waals surface area contributed by atoms with E-state index < -0.39 is 0 Å². The van der Waals surface area contributed by atoms with Crippen LogP contribution in [0.3, 0.4) is 0 Å². The van der Waals surface area contributed by atoms with E-state index in [1.807, 2.05) is 24.3 Å². The van der Waals surface area contributed by atoms with Crippen LogP contribution in [-0.2, 0) is 4.74 Å². The number of ether oxygens (including phenoxy) is 1. The molecule has 0 saturated carbocycles. The molecule has 5 heteroatoms. The zero-order valence-corrected chi connectivity index (χ0v) is 14.2. The number of nitrogens with zero attached hydrogens (tertiary/aromatic N) is 4. The Balaban J connectivity index is 1.84. The molecule has 126 valence electrons. The first-order valence-corrected chi connectivity index (χ1v) is 8.75. The molecule has 1 aliphatic heterocycles. The third-order valence-electron chi connectivity index (χ3n) is 6.30. The second kappa shape index (κ2) is 5.43. The van der Waals surface area contributed by atoms with Crippen molar-refractivity contribution in [2.75, 3.05) is 13.2 Å². The zero-order chi connectivity index (χ0) is 18.7. The smallest absolute Gasteiger partial charge is 0.101 e. The Labute approximate surface area is 156 Å². The van der Waals surface area contributed by atoms with E-state index in [1.165, 1.54) is 0 Å². The Bertz CT molecular complexity index is 1010. The molecule has 3 aliphatic carbocycles. The number of benzene rings is 2. The molecule has 1 heterocycles. The predicted octanol–water partition coefficient (Wildman–Crippen LogP) is 3.03. The number of hydrogen-bond donors (Lipinski definition) is 0. The Kier molecular flexibility index (Phi) is 3.14. The van der Waals surface area contributed by atoms with Crippen molar-refractivity contribution in [1.29, 1.82) is 21.0 Å². The summed E-state index contributed by atoms with van der Waals surface area (Å²) < 4.78 is 5.80. The van der Waals surface area contributed by atoms with Crippen LogP contribution in [0.1, 0.15) is 56.3 Å². The molecule has 2 bridgehead atoms. The van der Waals surface area contributed by atoms with Crippen molar-refractivity contribution in [3.8, 4) is 24.3 Å². The normalized spacial score (nSPS) is 25.9. The molecule has 1 fully saturated rings. The van der Waals surface area contributed by atoms with Gasteiger partial charge >= 0.3 is 0 Å². The Morgan fingerprint density at radius 2 is 0.889 bits per heavy atom. The molecule has 0 radical (unpaired) electrons. The Morgan fingerprint density at radius 1 is 0.593 bits per heavy atom. The molecular formula is C22H12N4O. The highest BCUT2D eigenvalue weighted by Crippen LogP contribution is 2.60. The lowest BCUT2D eigenvalue weighted by molar-refractivity contribution is 0.179. The molecule has 6 rings (SSSR count). The largest absolute Gasteiger partial charge is 0.381 e. The summed E-state index contributed by atoms with van der Waals surface area (Å²) in [6, 6.07) is 15.9. The number of rotatable bonds is 0. The summed E-state index contributed by atoms with van der Waals surface area (Å²) in [6.07, 6.45) is 0. The van der Waals surface area contributed by atoms with Crippen molar-refractivity contribution in [2.24, 2.45) is 11.8 Å². The summed E-state index contributed by atoms with van der Waals surface area (Å²) in [5, 5.41) is 37.8. The standard InChI is InChI=1S/C22H12N4O/c23-5-11-1-15-16(2-12(11)6-24)22-18-4-14(8-26)13(7-25)3-17(18)21(15)19-9-27-10-20(19)22/h1-4,19-22H,9-10H2. The molecule has 2 atom stereocenters. The average molecular weight is 348 g/mol. The van der Waals surface area contributed by atoms with Crippen LogP contribution in [0.5, 0.6) is 0 Å². The summed E-state index contributed by atoms with van der Waals surface area (Å²) >= 11 is 0. The topological polar surface area (TPSA) is 104 Å². The van der Waals surface area contributed by atoms with Gasteiger partial charge in [-0.3, -0.25) is 0 Å². The van der Waals surface area contributed by atoms with Gasteiger partial charge in [-0.05, 0) is 58.4 Å². The zero-order valence-electron chi connectivity index (χ0n) is 14.2. The maximum absolute atomic E-state index is 9.45. The second-order valence-electron chi connectivity index (χ2n) is 7.32. The van der Waals surface area contributed by atoms with Crippen LogP contribution < -0.4 is 0 Å². The predicted molar refractivity (Wildman–Crippen MR) is 93.2 cm³/mol. The molecule has 0 aromatic heterocycles. The van der Waals surface area contributed by atoms with E-state index in [2.05, 4.69) is 24.3 Å². The van der Waals surface area contributed by atoms with E-state index in [1.54, 1.807) is 0 Å². The van der Waals surface area contributed by atoms with E-state index in [-0.39, 0.29) is 23.7 Å². The lowest BCUT2D eigenvalue weighted by Gasteiger charge is -2.47. The van der Waals surface area contributed by atoms with Crippen molar-refractivity contribution in [3.05, 3.63) is 68.8 Å². The van der Waals surface area contributed by atoms with E-state index in [4.69, 9.17) is 4.74 Å². The first kappa shape index (κ1) is 15.6. The summed E-state index contributed by atoms with van der Waals surface area (Å²) in [5.74, 6) is 0.613. The minimum absolute atomic E-state index is 0.0205. The van der Waals surface area contributed by atoms with Gasteiger partial charge in [0.05, 0.1) is 35.5 Å². The summed E-state index contributed by atoms with van der Waals surface area (Å²) in [5.41, 5.74) is 5.77. The van der Waals surface area contributed by atoms with Crippen molar-refractivity contribution in [1.82, 2.24) is 0 Å². The van der Waals surface area contributed by atoms with Crippen LogP contribution in [-0.4, -0.2) is 13.2 Å². The van der Waals surface area contributed by atoms with Crippen LogP contribution in [0.4, 0.5) is 0 Å². The van der Waals surface area contributed by atoms with E-state index in [0.29, 0.717) is 35.5 Å². The van der Waals surface area contributed by atoms with Crippen LogP contribution >= 0.6 is 0 Å². The number of hydrogen-bond acceptors (Lipinski definition) is 5. The summed E-state index contributed by atoms with van der Waals surface area (Å²) in [7, 11) is 0. The minimum atomic E-state index is 0.0205. The molecule has 5 nitrogen and oxygen atoms in total. The van der Waals surface area contributed by atoms with E-state index in [9.17, 15) is 21.0 Å². The molecule has 2 unspecified atom stereocenters. The fourth-order valence-corrected chi connectivity index (χ4v) is 5.25. The second-order valence-corrected chi connectivity index (χ2v) is 7.32. The van der Waals surface area contributed by atoms with Crippen molar-refractivity contribution >= 4 is 0 Å². The fraction of sp³-hybridized carbons (Fsp3) is 0.273. The first-order valence-electron chi connectivity index (χ1n) is 8.75. The van der Waals surface area contributed by atoms with Gasteiger partial charge in [-0.1, -0.05) is 0 Å². The molecule has 0 amide bonds. The van der Waals surface area contributed by atoms with Crippen molar-refractivity contribution < 1.29 is 4.74 Å². The van der Waals surface area contributed by atoms with Gasteiger partial charge in [0.15, 0.2) is 0 Å². The highest BCUT2D eigenvalue weighted by atomic mass is 16.5. The Hall–Kier alpha value is -3.64. The molecule has 1 saturated heterocycles. The van der Waals surface area contributed by atoms with E-state index >= 15 is 0 Å². The van der Waals surface area contributed by atoms with Gasteiger partial charge in [-0.25, -0.2) is 0 Å². The highest BCUT2D eigenvalue weighted by Gasteiger charge is 2.52. The third-order valence-corrected chi connectivity index (χ3v) is 6.30. The molecule has 27 heavy (non-hydrogen) atoms. The molecular weight excluding hydrogens is 336 g/mol. The lowest BCUT2D eigenvalue weighted by Crippen LogP contribution is -2.39. The quantitative estimate of drug-likeness (QED) is 0.728. The number of nitriles is 4. The van der Waals surface area contributed by atoms with Crippen molar-refractivity contribution in [2.45, 2.75) is 11.8 Å². The van der Waals surface area contributed by atoms with Crippen LogP contribution in [0.25, 0.3) is 0 Å². The third kappa shape index (κ3) is 1.87. The van der Waals surface area contributed by atoms with Crippen molar-refractivity contribution in [3.63, 3.8) is 0 Å². The summed E-state index contributed by atoms with van der Waals surface area (Å²) in [6.45, 7) is 1.29. The van der Waals surface area contributed by atoms with Crippen LogP contribution in [0.15, 0.2) is 24.3 Å². The highest BCUT2D eigenvalue weighted by molar-refractivity contribution is 5.65. The molecule has 2 aromatic rings. The van der Waals surface area contributed by atoms with Gasteiger partial charge in [0.25, 0.3) is 0 Å². The monoisotopic (exact) mass is 348 g/mol. The van der Waals surface area contributed by atoms with E-state index in [0.717, 1.165) is 22.3 Å². The molecule has 4 aliphatic rings. The van der Waals surface area contributed by atoms with Gasteiger partial charge in [-0.15, -0.1) is 0 Å². The molecule has 2 aromatic carbocycles. The Morgan fingerprint density at radius 3 is 1.15 bits per heavy atom. The molecule has 0 N–H and O–H groups in total. The van der Waals surface area contributed by atoms with Gasteiger partial charge in [0.1, 0.15) is 24.3 Å². The molecule has 0 spiro atoms. The maximum Gasteiger partial charge on any atom is 0.101 e. The lowest BCUT2D eigenvalue weighted by atomic mass is 9.54. The SMILES string of the molecule is N#Cc1cc2c(cc1C#N)C1c3cc(C#N)c(C#N)cc3C2C2COCC12. The minimum Gasteiger partial charge on any atom is -0.381 e. The van der Waals surface area contributed by atoms with Gasteiger partial charge in [-0.2, -0.15) is 21.0 Å².